The number of rotatable bonds is 11. The minimum absolute atomic E-state index is 0.0892. The second-order valence-corrected chi connectivity index (χ2v) is 5.69. The van der Waals surface area contributed by atoms with Crippen LogP contribution in [0.4, 0.5) is 5.69 Å². The van der Waals surface area contributed by atoms with Gasteiger partial charge in [-0.15, -0.1) is 0 Å². The van der Waals surface area contributed by atoms with Crippen molar-refractivity contribution in [3.05, 3.63) is 36.9 Å². The average molecular weight is 303 g/mol. The number of benzene rings is 1. The molecule has 3 nitrogen and oxygen atoms in total. The third kappa shape index (κ3) is 6.79. The summed E-state index contributed by atoms with van der Waals surface area (Å²) >= 11 is 0. The Morgan fingerprint density at radius 3 is 2.14 bits per heavy atom. The van der Waals surface area contributed by atoms with Crippen LogP contribution in [0.15, 0.2) is 36.9 Å². The third-order valence-corrected chi connectivity index (χ3v) is 3.84. The molecule has 0 heterocycles. The minimum atomic E-state index is -0.0892. The molecule has 22 heavy (non-hydrogen) atoms. The Hall–Kier alpha value is -1.77. The highest BCUT2D eigenvalue weighted by atomic mass is 16.3. The summed E-state index contributed by atoms with van der Waals surface area (Å²) in [5.74, 6) is 0.121. The van der Waals surface area contributed by atoms with Crippen LogP contribution in [-0.4, -0.2) is 17.6 Å². The second-order valence-electron chi connectivity index (χ2n) is 5.69. The first-order valence-corrected chi connectivity index (χ1v) is 8.42. The van der Waals surface area contributed by atoms with Gasteiger partial charge in [0, 0.05) is 12.2 Å². The lowest BCUT2D eigenvalue weighted by Crippen LogP contribution is -2.30. The van der Waals surface area contributed by atoms with E-state index in [0.29, 0.717) is 6.54 Å². The van der Waals surface area contributed by atoms with Crippen LogP contribution in [0.5, 0.6) is 5.75 Å². The van der Waals surface area contributed by atoms with Crippen LogP contribution in [0.1, 0.15) is 58.3 Å². The van der Waals surface area contributed by atoms with E-state index in [4.69, 9.17) is 0 Å². The molecule has 0 saturated carbocycles. The average Bonchev–Trinajstić information content (AvgIpc) is 2.54. The quantitative estimate of drug-likeness (QED) is 0.459. The zero-order valence-electron chi connectivity index (χ0n) is 13.8. The van der Waals surface area contributed by atoms with E-state index in [9.17, 15) is 9.90 Å². The van der Waals surface area contributed by atoms with Crippen molar-refractivity contribution in [2.75, 3.05) is 11.4 Å². The van der Waals surface area contributed by atoms with E-state index in [1.54, 1.807) is 29.2 Å². The maximum atomic E-state index is 12.0. The van der Waals surface area contributed by atoms with Gasteiger partial charge in [0.25, 0.3) is 0 Å². The summed E-state index contributed by atoms with van der Waals surface area (Å²) in [4.78, 5) is 13.7. The fourth-order valence-corrected chi connectivity index (χ4v) is 2.51. The van der Waals surface area contributed by atoms with Gasteiger partial charge in [-0.25, -0.2) is 0 Å². The molecular weight excluding hydrogens is 274 g/mol. The first-order valence-electron chi connectivity index (χ1n) is 8.42. The number of phenols is 1. The van der Waals surface area contributed by atoms with Crippen molar-refractivity contribution in [1.82, 2.24) is 0 Å². The molecule has 0 aliphatic rings. The smallest absolute Gasteiger partial charge is 0.250 e. The number of amides is 1. The first-order chi connectivity index (χ1) is 10.7. The van der Waals surface area contributed by atoms with Gasteiger partial charge >= 0.3 is 0 Å². The molecule has 0 saturated heterocycles. The molecule has 0 aromatic heterocycles. The Kier molecular flexibility index (Phi) is 9.04. The molecule has 0 fully saturated rings. The molecule has 1 amide bonds. The highest BCUT2D eigenvalue weighted by Gasteiger charge is 2.12. The molecule has 0 bridgehead atoms. The van der Waals surface area contributed by atoms with Crippen molar-refractivity contribution < 1.29 is 9.90 Å². The standard InChI is InChI=1S/C19H29NO2/c1-3-5-6-7-8-9-10-11-16-20(19(22)4-2)17-12-14-18(21)15-13-17/h4,12-15,21H,2-3,5-11,16H2,1H3. The number of anilines is 1. The van der Waals surface area contributed by atoms with E-state index in [2.05, 4.69) is 13.5 Å². The van der Waals surface area contributed by atoms with Gasteiger partial charge in [-0.2, -0.15) is 0 Å². The molecule has 1 rings (SSSR count). The maximum absolute atomic E-state index is 12.0. The molecule has 0 radical (unpaired) electrons. The number of carbonyl (C=O) groups excluding carboxylic acids is 1. The van der Waals surface area contributed by atoms with Crippen molar-refractivity contribution in [2.24, 2.45) is 0 Å². The summed E-state index contributed by atoms with van der Waals surface area (Å²) in [6.45, 7) is 6.50. The van der Waals surface area contributed by atoms with Gasteiger partial charge in [0.1, 0.15) is 5.75 Å². The molecule has 1 aromatic carbocycles. The van der Waals surface area contributed by atoms with Crippen molar-refractivity contribution in [2.45, 2.75) is 58.3 Å². The van der Waals surface area contributed by atoms with Crippen LogP contribution in [0.3, 0.4) is 0 Å². The number of aromatic hydroxyl groups is 1. The maximum Gasteiger partial charge on any atom is 0.250 e. The summed E-state index contributed by atoms with van der Waals surface area (Å²) in [6, 6.07) is 6.74. The Morgan fingerprint density at radius 2 is 1.59 bits per heavy atom. The zero-order chi connectivity index (χ0) is 16.2. The number of carbonyl (C=O) groups is 1. The summed E-state index contributed by atoms with van der Waals surface area (Å²) in [5.41, 5.74) is 0.811. The van der Waals surface area contributed by atoms with Crippen molar-refractivity contribution in [3.63, 3.8) is 0 Å². The number of hydrogen-bond donors (Lipinski definition) is 1. The lowest BCUT2D eigenvalue weighted by molar-refractivity contribution is -0.114. The fourth-order valence-electron chi connectivity index (χ4n) is 2.51. The molecule has 0 unspecified atom stereocenters. The van der Waals surface area contributed by atoms with Crippen molar-refractivity contribution >= 4 is 11.6 Å². The van der Waals surface area contributed by atoms with Gasteiger partial charge in [-0.3, -0.25) is 4.79 Å². The van der Waals surface area contributed by atoms with E-state index < -0.39 is 0 Å². The molecule has 0 aliphatic carbocycles. The van der Waals surface area contributed by atoms with E-state index in [1.165, 1.54) is 44.6 Å². The highest BCUT2D eigenvalue weighted by Crippen LogP contribution is 2.20. The lowest BCUT2D eigenvalue weighted by Gasteiger charge is -2.21. The molecule has 0 spiro atoms. The molecule has 1 N–H and O–H groups in total. The Morgan fingerprint density at radius 1 is 1.05 bits per heavy atom. The molecule has 0 aliphatic heterocycles. The van der Waals surface area contributed by atoms with Crippen LogP contribution < -0.4 is 4.90 Å². The summed E-state index contributed by atoms with van der Waals surface area (Å²) in [7, 11) is 0. The van der Waals surface area contributed by atoms with Crippen LogP contribution in [0.2, 0.25) is 0 Å². The molecule has 1 aromatic rings. The summed E-state index contributed by atoms with van der Waals surface area (Å²) in [6.07, 6.45) is 11.3. The number of nitrogens with zero attached hydrogens (tertiary/aromatic N) is 1. The van der Waals surface area contributed by atoms with Crippen LogP contribution in [0.25, 0.3) is 0 Å². The summed E-state index contributed by atoms with van der Waals surface area (Å²) < 4.78 is 0. The first kappa shape index (κ1) is 18.3. The van der Waals surface area contributed by atoms with Crippen molar-refractivity contribution in [3.8, 4) is 5.75 Å². The van der Waals surface area contributed by atoms with Gasteiger partial charge < -0.3 is 10.0 Å². The Bertz CT molecular complexity index is 439. The van der Waals surface area contributed by atoms with Gasteiger partial charge in [0.15, 0.2) is 0 Å². The highest BCUT2D eigenvalue weighted by molar-refractivity contribution is 6.01. The molecular formula is C19H29NO2. The summed E-state index contributed by atoms with van der Waals surface area (Å²) in [5, 5.41) is 9.35. The minimum Gasteiger partial charge on any atom is -0.508 e. The van der Waals surface area contributed by atoms with Crippen LogP contribution in [-0.2, 0) is 4.79 Å². The van der Waals surface area contributed by atoms with Crippen LogP contribution >= 0.6 is 0 Å². The van der Waals surface area contributed by atoms with Gasteiger partial charge in [-0.1, -0.05) is 58.4 Å². The SMILES string of the molecule is C=CC(=O)N(CCCCCCCCCC)c1ccc(O)cc1. The van der Waals surface area contributed by atoms with E-state index in [1.807, 2.05) is 0 Å². The predicted molar refractivity (Wildman–Crippen MR) is 93.3 cm³/mol. The van der Waals surface area contributed by atoms with Crippen LogP contribution in [0, 0.1) is 0 Å². The largest absolute Gasteiger partial charge is 0.508 e. The Balaban J connectivity index is 2.35. The van der Waals surface area contributed by atoms with Crippen molar-refractivity contribution in [1.29, 1.82) is 0 Å². The van der Waals surface area contributed by atoms with E-state index in [-0.39, 0.29) is 11.7 Å². The molecule has 3 heteroatoms. The lowest BCUT2D eigenvalue weighted by atomic mass is 10.1. The molecule has 0 atom stereocenters. The predicted octanol–water partition coefficient (Wildman–Crippen LogP) is 5.05. The molecule has 122 valence electrons. The monoisotopic (exact) mass is 303 g/mol. The second kappa shape index (κ2) is 10.9. The number of unbranched alkanes of at least 4 members (excludes halogenated alkanes) is 7. The van der Waals surface area contributed by atoms with Gasteiger partial charge in [0.2, 0.25) is 5.91 Å². The topological polar surface area (TPSA) is 40.5 Å². The zero-order valence-corrected chi connectivity index (χ0v) is 13.8. The normalized spacial score (nSPS) is 10.4. The number of hydrogen-bond acceptors (Lipinski definition) is 2. The van der Waals surface area contributed by atoms with E-state index in [0.717, 1.165) is 18.5 Å². The van der Waals surface area contributed by atoms with Gasteiger partial charge in [0.05, 0.1) is 0 Å². The fraction of sp³-hybridized carbons (Fsp3) is 0.526. The Labute approximate surface area is 134 Å². The van der Waals surface area contributed by atoms with E-state index >= 15 is 0 Å². The third-order valence-electron chi connectivity index (χ3n) is 3.84. The van der Waals surface area contributed by atoms with Gasteiger partial charge in [-0.05, 0) is 36.8 Å². The number of phenolic OH excluding ortho intramolecular Hbond substituents is 1.